The zero-order valence-electron chi connectivity index (χ0n) is 14.9. The first-order valence-electron chi connectivity index (χ1n) is 9.46. The molecule has 136 valence electrons. The Kier molecular flexibility index (Phi) is 3.97. The first kappa shape index (κ1) is 16.8. The minimum absolute atomic E-state index is 0.234. The van der Waals surface area contributed by atoms with Crippen molar-refractivity contribution in [2.24, 2.45) is 0 Å². The average molecular weight is 376 g/mol. The molecule has 0 amide bonds. The summed E-state index contributed by atoms with van der Waals surface area (Å²) in [5.74, 6) is 1.12. The summed E-state index contributed by atoms with van der Waals surface area (Å²) in [6, 6.07) is 18.0. The van der Waals surface area contributed by atoms with Crippen molar-refractivity contribution in [2.45, 2.75) is 37.2 Å². The van der Waals surface area contributed by atoms with Gasteiger partial charge >= 0.3 is 0 Å². The number of carbonyl (C=O) groups is 2. The van der Waals surface area contributed by atoms with E-state index in [-0.39, 0.29) is 5.60 Å². The molecular formula is C23H20O3S. The van der Waals surface area contributed by atoms with Gasteiger partial charge in [0.1, 0.15) is 16.3 Å². The summed E-state index contributed by atoms with van der Waals surface area (Å²) in [7, 11) is 0. The van der Waals surface area contributed by atoms with Crippen LogP contribution in [0.2, 0.25) is 0 Å². The molecule has 4 heteroatoms. The Morgan fingerprint density at radius 3 is 2.26 bits per heavy atom. The van der Waals surface area contributed by atoms with E-state index < -0.39 is 11.6 Å². The topological polar surface area (TPSA) is 43.4 Å². The van der Waals surface area contributed by atoms with Gasteiger partial charge in [-0.05, 0) is 37.2 Å². The number of thioether (sulfide) groups is 1. The average Bonchev–Trinajstić information content (AvgIpc) is 2.73. The van der Waals surface area contributed by atoms with Gasteiger partial charge in [0.2, 0.25) is 11.6 Å². The van der Waals surface area contributed by atoms with Crippen LogP contribution in [0.15, 0.2) is 59.5 Å². The van der Waals surface area contributed by atoms with Crippen LogP contribution in [-0.4, -0.2) is 22.9 Å². The first-order chi connectivity index (χ1) is 13.2. The largest absolute Gasteiger partial charge is 0.484 e. The summed E-state index contributed by atoms with van der Waals surface area (Å²) in [6.07, 6.45) is 4.12. The minimum Gasteiger partial charge on any atom is -0.484 e. The van der Waals surface area contributed by atoms with Gasteiger partial charge in [-0.3, -0.25) is 9.59 Å². The number of fused-ring (bicyclic) bond motifs is 2. The molecule has 5 rings (SSSR count). The summed E-state index contributed by atoms with van der Waals surface area (Å²) in [4.78, 5) is 25.4. The molecule has 0 aromatic heterocycles. The molecule has 2 aliphatic carbocycles. The molecule has 0 atom stereocenters. The van der Waals surface area contributed by atoms with Crippen molar-refractivity contribution in [3.05, 3.63) is 76.2 Å². The normalized spacial score (nSPS) is 27.2. The lowest BCUT2D eigenvalue weighted by molar-refractivity contribution is -0.111. The van der Waals surface area contributed by atoms with E-state index in [1.54, 1.807) is 12.1 Å². The van der Waals surface area contributed by atoms with Crippen molar-refractivity contribution >= 4 is 29.1 Å². The summed E-state index contributed by atoms with van der Waals surface area (Å²) in [5.41, 5.74) is 2.41. The highest BCUT2D eigenvalue weighted by Crippen LogP contribution is 2.50. The number of ether oxygens (including phenoxy) is 1. The van der Waals surface area contributed by atoms with E-state index in [1.807, 2.05) is 12.1 Å². The third kappa shape index (κ3) is 2.74. The Hall–Kier alpha value is -2.33. The van der Waals surface area contributed by atoms with E-state index in [0.29, 0.717) is 22.1 Å². The van der Waals surface area contributed by atoms with Crippen LogP contribution in [0.4, 0.5) is 0 Å². The maximum atomic E-state index is 12.5. The van der Waals surface area contributed by atoms with Crippen molar-refractivity contribution in [3.8, 4) is 0 Å². The molecule has 1 fully saturated rings. The number of ketones is 2. The third-order valence-electron chi connectivity index (χ3n) is 6.00. The van der Waals surface area contributed by atoms with Crippen molar-refractivity contribution < 1.29 is 14.3 Å². The molecule has 0 N–H and O–H groups in total. The zero-order chi connectivity index (χ0) is 18.4. The maximum absolute atomic E-state index is 12.5. The molecule has 3 aliphatic rings. The van der Waals surface area contributed by atoms with Gasteiger partial charge in [0, 0.05) is 16.9 Å². The Balaban J connectivity index is 1.42. The van der Waals surface area contributed by atoms with E-state index >= 15 is 0 Å². The molecule has 2 aromatic carbocycles. The molecule has 1 heterocycles. The van der Waals surface area contributed by atoms with Crippen LogP contribution in [0.1, 0.15) is 53.1 Å². The second kappa shape index (κ2) is 6.38. The van der Waals surface area contributed by atoms with E-state index in [1.165, 1.54) is 17.3 Å². The van der Waals surface area contributed by atoms with E-state index in [0.717, 1.165) is 37.0 Å². The van der Waals surface area contributed by atoms with Crippen LogP contribution < -0.4 is 0 Å². The van der Waals surface area contributed by atoms with Crippen molar-refractivity contribution in [1.29, 1.82) is 0 Å². The maximum Gasteiger partial charge on any atom is 0.243 e. The second-order valence-electron chi connectivity index (χ2n) is 7.62. The zero-order valence-corrected chi connectivity index (χ0v) is 15.8. The van der Waals surface area contributed by atoms with Gasteiger partial charge in [-0.15, -0.1) is 11.8 Å². The highest BCUT2D eigenvalue weighted by Gasteiger charge is 2.46. The number of hydrogen-bond acceptors (Lipinski definition) is 4. The van der Waals surface area contributed by atoms with Gasteiger partial charge in [0.05, 0.1) is 0 Å². The van der Waals surface area contributed by atoms with E-state index in [2.05, 4.69) is 30.3 Å². The Bertz CT molecular complexity index is 953. The highest BCUT2D eigenvalue weighted by molar-refractivity contribution is 8.04. The van der Waals surface area contributed by atoms with Crippen molar-refractivity contribution in [3.63, 3.8) is 0 Å². The van der Waals surface area contributed by atoms with Crippen molar-refractivity contribution in [2.75, 3.05) is 5.75 Å². The summed E-state index contributed by atoms with van der Waals surface area (Å²) >= 11 is 1.51. The smallest absolute Gasteiger partial charge is 0.243 e. The summed E-state index contributed by atoms with van der Waals surface area (Å²) in [6.45, 7) is 0. The van der Waals surface area contributed by atoms with Crippen LogP contribution >= 0.6 is 11.8 Å². The molecule has 2 aromatic rings. The van der Waals surface area contributed by atoms with Crippen LogP contribution in [0.3, 0.4) is 0 Å². The van der Waals surface area contributed by atoms with E-state index in [4.69, 9.17) is 4.74 Å². The molecule has 0 saturated heterocycles. The quantitative estimate of drug-likeness (QED) is 0.658. The highest BCUT2D eigenvalue weighted by atomic mass is 32.2. The van der Waals surface area contributed by atoms with Gasteiger partial charge in [-0.1, -0.05) is 54.6 Å². The molecule has 0 radical (unpaired) electrons. The number of rotatable bonds is 1. The molecule has 1 spiro atoms. The minimum atomic E-state index is -0.415. The molecule has 0 unspecified atom stereocenters. The number of Topliss-reactive ketones (excluding diaryl/α,β-unsaturated/α-hetero) is 2. The number of carbonyl (C=O) groups excluding carboxylic acids is 2. The summed E-state index contributed by atoms with van der Waals surface area (Å²) in [5, 5.41) is 0. The predicted molar refractivity (Wildman–Crippen MR) is 107 cm³/mol. The molecule has 3 nitrogen and oxygen atoms in total. The van der Waals surface area contributed by atoms with Gasteiger partial charge in [0.15, 0.2) is 0 Å². The number of benzene rings is 2. The second-order valence-corrected chi connectivity index (χ2v) is 8.61. The monoisotopic (exact) mass is 376 g/mol. The molecule has 1 aliphatic heterocycles. The number of allylic oxidation sites excluding steroid dienone is 1. The first-order valence-corrected chi connectivity index (χ1v) is 10.4. The van der Waals surface area contributed by atoms with Gasteiger partial charge in [-0.2, -0.15) is 0 Å². The van der Waals surface area contributed by atoms with Crippen molar-refractivity contribution in [1.82, 2.24) is 0 Å². The molecular weight excluding hydrogens is 356 g/mol. The fourth-order valence-electron chi connectivity index (χ4n) is 4.46. The lowest BCUT2D eigenvalue weighted by Gasteiger charge is -2.44. The van der Waals surface area contributed by atoms with Crippen LogP contribution in [0.25, 0.3) is 5.76 Å². The Morgan fingerprint density at radius 2 is 1.52 bits per heavy atom. The molecule has 0 bridgehead atoms. The fraction of sp³-hybridized carbons (Fsp3) is 0.304. The van der Waals surface area contributed by atoms with E-state index in [9.17, 15) is 9.59 Å². The Morgan fingerprint density at radius 1 is 0.852 bits per heavy atom. The van der Waals surface area contributed by atoms with Crippen LogP contribution in [0.5, 0.6) is 0 Å². The fourth-order valence-corrected chi connectivity index (χ4v) is 5.72. The molecule has 27 heavy (non-hydrogen) atoms. The standard InChI is InChI=1S/C23H20O3S/c24-19-17-8-4-5-9-18(17)21-22(20(19)25)27-14-23(26-21)12-10-16(11-13-23)15-6-2-1-3-7-15/h1-9,16H,10-14H2. The van der Waals surface area contributed by atoms with Gasteiger partial charge in [-0.25, -0.2) is 0 Å². The van der Waals surface area contributed by atoms with Gasteiger partial charge < -0.3 is 4.74 Å². The number of hydrogen-bond donors (Lipinski definition) is 0. The SMILES string of the molecule is O=C1C(=O)c2ccccc2C2=C1SCC1(CCC(c3ccccc3)CC1)O2. The summed E-state index contributed by atoms with van der Waals surface area (Å²) < 4.78 is 6.53. The van der Waals surface area contributed by atoms with Gasteiger partial charge in [0.25, 0.3) is 0 Å². The Labute approximate surface area is 162 Å². The lowest BCUT2D eigenvalue weighted by atomic mass is 9.76. The van der Waals surface area contributed by atoms with Crippen LogP contribution in [0, 0.1) is 0 Å². The predicted octanol–water partition coefficient (Wildman–Crippen LogP) is 4.98. The third-order valence-corrected chi connectivity index (χ3v) is 7.33. The molecule has 1 saturated carbocycles. The lowest BCUT2D eigenvalue weighted by Crippen LogP contribution is -2.43. The van der Waals surface area contributed by atoms with Crippen LogP contribution in [-0.2, 0) is 9.53 Å².